The Labute approximate surface area is 290 Å². The van der Waals surface area contributed by atoms with E-state index in [0.717, 1.165) is 5.19 Å². The van der Waals surface area contributed by atoms with Gasteiger partial charge in [0.15, 0.2) is 11.9 Å². The van der Waals surface area contributed by atoms with Crippen LogP contribution in [0.4, 0.5) is 0 Å². The average molecular weight is 693 g/mol. The van der Waals surface area contributed by atoms with E-state index < -0.39 is 78.9 Å². The predicted octanol–water partition coefficient (Wildman–Crippen LogP) is 4.82. The van der Waals surface area contributed by atoms with Gasteiger partial charge in [0.05, 0.1) is 35.9 Å². The van der Waals surface area contributed by atoms with Gasteiger partial charge in [-0.25, -0.2) is 4.79 Å². The van der Waals surface area contributed by atoms with Crippen LogP contribution in [0.5, 0.6) is 0 Å². The van der Waals surface area contributed by atoms with Crippen molar-refractivity contribution in [3.63, 3.8) is 0 Å². The molecule has 0 aromatic heterocycles. The second-order valence-electron chi connectivity index (χ2n) is 15.7. The highest BCUT2D eigenvalue weighted by molar-refractivity contribution is 6.84. The van der Waals surface area contributed by atoms with Crippen molar-refractivity contribution in [1.29, 1.82) is 0 Å². The fourth-order valence-corrected chi connectivity index (χ4v) is 12.0. The molecule has 9 nitrogen and oxygen atoms in total. The minimum Gasteiger partial charge on any atom is -0.455 e. The molecule has 1 heterocycles. The minimum atomic E-state index is -2.68. The highest BCUT2D eigenvalue weighted by Gasteiger charge is 2.75. The zero-order valence-corrected chi connectivity index (χ0v) is 30.8. The van der Waals surface area contributed by atoms with Crippen molar-refractivity contribution in [2.24, 2.45) is 34.5 Å². The largest absolute Gasteiger partial charge is 0.455 e. The van der Waals surface area contributed by atoms with Crippen molar-refractivity contribution in [3.05, 3.63) is 66.2 Å². The van der Waals surface area contributed by atoms with Gasteiger partial charge in [-0.3, -0.25) is 9.59 Å². The Morgan fingerprint density at radius 2 is 1.61 bits per heavy atom. The quantitative estimate of drug-likeness (QED) is 0.296. The zero-order valence-electron chi connectivity index (χ0n) is 29.8. The molecule has 2 aromatic carbocycles. The number of esters is 2. The molecule has 1 saturated heterocycles. The Hall–Kier alpha value is -2.89. The second-order valence-corrected chi connectivity index (χ2v) is 19.6. The van der Waals surface area contributed by atoms with Gasteiger partial charge >= 0.3 is 11.9 Å². The first kappa shape index (κ1) is 35.9. The molecule has 2 aromatic rings. The normalized spacial score (nSPS) is 40.1. The number of ether oxygens (including phenoxy) is 3. The molecule has 6 rings (SSSR count). The molecule has 3 saturated carbocycles. The number of hydrogen-bond acceptors (Lipinski definition) is 9. The monoisotopic (exact) mass is 692 g/mol. The fraction of sp³-hybridized carbons (Fsp3) is 0.615. The maximum Gasteiger partial charge on any atom is 0.338 e. The molecular weight excluding hydrogens is 641 g/mol. The van der Waals surface area contributed by atoms with Gasteiger partial charge in [0, 0.05) is 36.0 Å². The first-order valence-corrected chi connectivity index (χ1v) is 20.8. The van der Waals surface area contributed by atoms with Crippen LogP contribution < -0.4 is 5.19 Å². The molecule has 0 spiro atoms. The second kappa shape index (κ2) is 13.0. The van der Waals surface area contributed by atoms with Gasteiger partial charge in [-0.1, -0.05) is 76.2 Å². The molecule has 3 aliphatic carbocycles. The minimum absolute atomic E-state index is 0.0599. The lowest BCUT2D eigenvalue weighted by Crippen LogP contribution is -2.78. The summed E-state index contributed by atoms with van der Waals surface area (Å²) < 4.78 is 26.1. The highest BCUT2D eigenvalue weighted by Crippen LogP contribution is 2.65. The number of carbonyl (C=O) groups excluding carboxylic acids is 3. The van der Waals surface area contributed by atoms with E-state index in [9.17, 15) is 19.8 Å². The smallest absolute Gasteiger partial charge is 0.338 e. The average Bonchev–Trinajstić information content (AvgIpc) is 3.08. The molecular formula is C39H52O9Si. The zero-order chi connectivity index (χ0) is 35.5. The van der Waals surface area contributed by atoms with Crippen molar-refractivity contribution in [2.75, 3.05) is 6.61 Å². The molecule has 1 aliphatic heterocycles. The number of carbonyl (C=O) groups is 3. The van der Waals surface area contributed by atoms with Crippen LogP contribution in [0.2, 0.25) is 13.1 Å². The maximum absolute atomic E-state index is 15.7. The lowest BCUT2D eigenvalue weighted by Gasteiger charge is -2.67. The van der Waals surface area contributed by atoms with E-state index in [4.69, 9.17) is 18.6 Å². The summed E-state index contributed by atoms with van der Waals surface area (Å²) >= 11 is 0. The third-order valence-corrected chi connectivity index (χ3v) is 15.6. The number of aliphatic hydroxyl groups excluding tert-OH is 1. The van der Waals surface area contributed by atoms with Gasteiger partial charge in [-0.05, 0) is 56.1 Å². The number of Topliss-reactive ketones (excluding diaryl/α,β-unsaturated/α-hetero) is 1. The van der Waals surface area contributed by atoms with Crippen LogP contribution in [0.25, 0.3) is 0 Å². The summed E-state index contributed by atoms with van der Waals surface area (Å²) in [6.07, 6.45) is -3.76. The summed E-state index contributed by atoms with van der Waals surface area (Å²) in [7, 11) is -2.68. The topological polar surface area (TPSA) is 129 Å². The van der Waals surface area contributed by atoms with Crippen LogP contribution in [0, 0.1) is 34.5 Å². The Kier molecular flexibility index (Phi) is 9.54. The Morgan fingerprint density at radius 3 is 2.18 bits per heavy atom. The van der Waals surface area contributed by atoms with E-state index in [1.54, 1.807) is 31.2 Å². The third-order valence-electron chi connectivity index (χ3n) is 13.0. The molecule has 4 unspecified atom stereocenters. The molecule has 266 valence electrons. The van der Waals surface area contributed by atoms with Gasteiger partial charge in [0.25, 0.3) is 0 Å². The van der Waals surface area contributed by atoms with Crippen LogP contribution in [0.3, 0.4) is 0 Å². The molecule has 49 heavy (non-hydrogen) atoms. The Morgan fingerprint density at radius 1 is 0.980 bits per heavy atom. The lowest BCUT2D eigenvalue weighted by molar-refractivity contribution is -0.306. The maximum atomic E-state index is 15.7. The SMILES string of the molecule is CCC(=O)O[C@H]1C(=O)[C@]2(C)[C@@H](O[Si](C)(C)c3ccccc3)C[C@H]3OCC3[C@H]2[C@H](OC(=O)c2ccccc2)[C@]2(O)C[C@H](O)C(C)C1C2(C)CC. The van der Waals surface area contributed by atoms with Crippen LogP contribution >= 0.6 is 0 Å². The molecule has 10 heteroatoms. The van der Waals surface area contributed by atoms with Gasteiger partial charge < -0.3 is 28.8 Å². The predicted molar refractivity (Wildman–Crippen MR) is 185 cm³/mol. The van der Waals surface area contributed by atoms with Crippen molar-refractivity contribution < 1.29 is 43.2 Å². The van der Waals surface area contributed by atoms with Gasteiger partial charge in [-0.15, -0.1) is 0 Å². The number of ketones is 1. The number of hydrogen-bond donors (Lipinski definition) is 2. The summed E-state index contributed by atoms with van der Waals surface area (Å²) in [6, 6.07) is 18.6. The van der Waals surface area contributed by atoms with Gasteiger partial charge in [0.1, 0.15) is 11.7 Å². The van der Waals surface area contributed by atoms with Crippen molar-refractivity contribution in [2.45, 2.75) is 110 Å². The first-order chi connectivity index (χ1) is 23.1. The third kappa shape index (κ3) is 5.62. The number of aliphatic hydroxyl groups is 2. The van der Waals surface area contributed by atoms with Crippen molar-refractivity contribution >= 4 is 31.2 Å². The standard InChI is InChI=1S/C39H52O9Si/c1-8-30(41)46-33-31-23(3)27(40)21-39(44,37(31,4)9-2)35(47-36(43)24-16-12-10-13-17-24)32-26-22-45-28(26)20-29(38(32,5)34(33)42)48-49(6,7)25-18-14-11-15-19-25/h10-19,23,26-29,31-33,35,40,44H,8-9,20-22H2,1-7H3/t23?,26?,27-,28+,29-,31?,32-,33+,35-,37?,38+,39+/m0/s1. The molecule has 2 N–H and O–H groups in total. The molecule has 2 bridgehead atoms. The number of rotatable bonds is 8. The van der Waals surface area contributed by atoms with E-state index in [2.05, 4.69) is 13.1 Å². The van der Waals surface area contributed by atoms with E-state index >= 15 is 4.79 Å². The Bertz CT molecular complexity index is 1550. The van der Waals surface area contributed by atoms with Gasteiger partial charge in [-0.2, -0.15) is 0 Å². The van der Waals surface area contributed by atoms with E-state index in [1.807, 2.05) is 64.1 Å². The van der Waals surface area contributed by atoms with Gasteiger partial charge in [0.2, 0.25) is 8.32 Å². The number of fused-ring (bicyclic) bond motifs is 5. The molecule has 0 radical (unpaired) electrons. The summed E-state index contributed by atoms with van der Waals surface area (Å²) in [5, 5.41) is 26.1. The van der Waals surface area contributed by atoms with Crippen molar-refractivity contribution in [1.82, 2.24) is 0 Å². The van der Waals surface area contributed by atoms with E-state index in [0.29, 0.717) is 25.0 Å². The molecule has 0 amide bonds. The Balaban J connectivity index is 1.59. The summed E-state index contributed by atoms with van der Waals surface area (Å²) in [5.74, 6) is -3.80. The number of benzene rings is 2. The van der Waals surface area contributed by atoms with Crippen LogP contribution in [0.1, 0.15) is 70.7 Å². The summed E-state index contributed by atoms with van der Waals surface area (Å²) in [6.45, 7) is 13.7. The first-order valence-electron chi connectivity index (χ1n) is 17.9. The highest BCUT2D eigenvalue weighted by atomic mass is 28.4. The molecule has 4 aliphatic rings. The van der Waals surface area contributed by atoms with Crippen LogP contribution in [-0.4, -0.2) is 79.0 Å². The summed E-state index contributed by atoms with van der Waals surface area (Å²) in [5.41, 5.74) is -3.96. The van der Waals surface area contributed by atoms with Crippen LogP contribution in [-0.2, 0) is 28.2 Å². The summed E-state index contributed by atoms with van der Waals surface area (Å²) in [4.78, 5) is 42.9. The van der Waals surface area contributed by atoms with Crippen LogP contribution in [0.15, 0.2) is 60.7 Å². The van der Waals surface area contributed by atoms with E-state index in [1.165, 1.54) is 0 Å². The van der Waals surface area contributed by atoms with E-state index in [-0.39, 0.29) is 30.6 Å². The van der Waals surface area contributed by atoms with Crippen molar-refractivity contribution in [3.8, 4) is 0 Å². The molecule has 12 atom stereocenters. The lowest BCUT2D eigenvalue weighted by atomic mass is 9.42. The fourth-order valence-electron chi connectivity index (χ4n) is 9.82. The molecule has 4 fully saturated rings.